The molecule has 0 radical (unpaired) electrons. The van der Waals surface area contributed by atoms with Gasteiger partial charge in [0.15, 0.2) is 10.3 Å². The first kappa shape index (κ1) is 11.2. The molecule has 0 fully saturated rings. The highest BCUT2D eigenvalue weighted by Gasteiger charge is 2.05. The van der Waals surface area contributed by atoms with E-state index < -0.39 is 0 Å². The average molecular weight is 308 g/mol. The Labute approximate surface area is 111 Å². The normalized spacial score (nSPS) is 10.9. The number of nitrogens with zero attached hydrogens (tertiary/aromatic N) is 3. The van der Waals surface area contributed by atoms with Gasteiger partial charge < -0.3 is 9.73 Å². The third kappa shape index (κ3) is 2.21. The minimum atomic E-state index is 0.730. The van der Waals surface area contributed by atoms with E-state index in [2.05, 4.69) is 41.4 Å². The molecule has 3 aromatic rings. The molecule has 0 unspecified atom stereocenters. The predicted molar refractivity (Wildman–Crippen MR) is 70.3 cm³/mol. The summed E-state index contributed by atoms with van der Waals surface area (Å²) in [6.45, 7) is 0.733. The van der Waals surface area contributed by atoms with E-state index in [4.69, 9.17) is 4.42 Å². The van der Waals surface area contributed by atoms with Crippen molar-refractivity contribution in [2.75, 3.05) is 11.9 Å². The summed E-state index contributed by atoms with van der Waals surface area (Å²) < 4.78 is 6.17. The molecule has 0 spiro atoms. The Balaban J connectivity index is 1.68. The van der Waals surface area contributed by atoms with Gasteiger partial charge in [0.25, 0.3) is 0 Å². The molecule has 0 atom stereocenters. The third-order valence-corrected chi connectivity index (χ3v) is 2.97. The lowest BCUT2D eigenvalue weighted by Crippen LogP contribution is -2.06. The monoisotopic (exact) mass is 307 g/mol. The highest BCUT2D eigenvalue weighted by atomic mass is 79.9. The molecule has 0 amide bonds. The predicted octanol–water partition coefficient (Wildman–Crippen LogP) is 2.36. The zero-order valence-electron chi connectivity index (χ0n) is 9.35. The topological polar surface area (TPSA) is 79.6 Å². The van der Waals surface area contributed by atoms with Gasteiger partial charge in [-0.15, -0.1) is 0 Å². The number of anilines is 1. The third-order valence-electron chi connectivity index (χ3n) is 2.54. The molecule has 18 heavy (non-hydrogen) atoms. The van der Waals surface area contributed by atoms with E-state index in [-0.39, 0.29) is 0 Å². The molecule has 0 aliphatic rings. The van der Waals surface area contributed by atoms with Gasteiger partial charge in [-0.3, -0.25) is 5.10 Å². The molecule has 3 rings (SSSR count). The minimum Gasteiger partial charge on any atom is -0.454 e. The summed E-state index contributed by atoms with van der Waals surface area (Å²) in [4.78, 5) is 8.27. The summed E-state index contributed by atoms with van der Waals surface area (Å²) in [6, 6.07) is 3.83. The summed E-state index contributed by atoms with van der Waals surface area (Å²) in [7, 11) is 0. The molecule has 0 saturated carbocycles. The Morgan fingerprint density at radius 1 is 1.33 bits per heavy atom. The summed E-state index contributed by atoms with van der Waals surface area (Å²) >= 11 is 3.28. The van der Waals surface area contributed by atoms with Gasteiger partial charge in [-0.05, 0) is 28.1 Å². The zero-order chi connectivity index (χ0) is 12.4. The number of hydrogen-bond donors (Lipinski definition) is 2. The van der Waals surface area contributed by atoms with Crippen LogP contribution in [-0.4, -0.2) is 26.7 Å². The highest BCUT2D eigenvalue weighted by Crippen LogP contribution is 2.17. The largest absolute Gasteiger partial charge is 0.454 e. The molecular formula is C11H10BrN5O. The molecule has 3 aromatic heterocycles. The second kappa shape index (κ2) is 4.77. The average Bonchev–Trinajstić information content (AvgIpc) is 2.98. The Morgan fingerprint density at radius 2 is 2.28 bits per heavy atom. The quantitative estimate of drug-likeness (QED) is 0.773. The summed E-state index contributed by atoms with van der Waals surface area (Å²) in [5, 5.41) is 10.9. The molecule has 0 aromatic carbocycles. The number of hydrogen-bond acceptors (Lipinski definition) is 5. The number of H-pyrrole nitrogens is 1. The van der Waals surface area contributed by atoms with Gasteiger partial charge in [0.1, 0.15) is 17.9 Å². The van der Waals surface area contributed by atoms with Crippen LogP contribution in [0.1, 0.15) is 5.76 Å². The molecule has 7 heteroatoms. The van der Waals surface area contributed by atoms with Crippen molar-refractivity contribution in [2.45, 2.75) is 6.42 Å². The van der Waals surface area contributed by atoms with Crippen molar-refractivity contribution in [1.82, 2.24) is 20.2 Å². The van der Waals surface area contributed by atoms with Crippen LogP contribution in [0.25, 0.3) is 11.0 Å². The molecular weight excluding hydrogens is 298 g/mol. The van der Waals surface area contributed by atoms with Crippen molar-refractivity contribution in [1.29, 1.82) is 0 Å². The van der Waals surface area contributed by atoms with Crippen molar-refractivity contribution >= 4 is 32.8 Å². The van der Waals surface area contributed by atoms with E-state index in [1.54, 1.807) is 6.20 Å². The number of nitrogens with one attached hydrogen (secondary N) is 2. The fourth-order valence-electron chi connectivity index (χ4n) is 1.70. The van der Waals surface area contributed by atoms with Crippen molar-refractivity contribution in [3.63, 3.8) is 0 Å². The summed E-state index contributed by atoms with van der Waals surface area (Å²) in [5.41, 5.74) is 0.730. The smallest absolute Gasteiger partial charge is 0.169 e. The van der Waals surface area contributed by atoms with Crippen molar-refractivity contribution in [3.8, 4) is 0 Å². The molecule has 0 aliphatic heterocycles. The first-order valence-corrected chi connectivity index (χ1v) is 6.24. The standard InChI is InChI=1S/C11H10BrN5O/c12-9-2-1-7(18-9)3-4-13-10-8-5-16-17-11(8)15-6-14-10/h1-2,5-6H,3-4H2,(H2,13,14,15,16,17). The molecule has 0 bridgehead atoms. The van der Waals surface area contributed by atoms with Crippen LogP contribution >= 0.6 is 15.9 Å². The second-order valence-corrected chi connectivity index (χ2v) is 4.52. The lowest BCUT2D eigenvalue weighted by atomic mass is 10.3. The van der Waals surface area contributed by atoms with Gasteiger partial charge in [-0.1, -0.05) is 0 Å². The Morgan fingerprint density at radius 3 is 3.11 bits per heavy atom. The maximum absolute atomic E-state index is 5.42. The second-order valence-electron chi connectivity index (χ2n) is 3.74. The maximum Gasteiger partial charge on any atom is 0.169 e. The van der Waals surface area contributed by atoms with Crippen LogP contribution in [0.15, 0.2) is 33.7 Å². The van der Waals surface area contributed by atoms with E-state index in [0.29, 0.717) is 0 Å². The number of furan rings is 1. The van der Waals surface area contributed by atoms with Gasteiger partial charge >= 0.3 is 0 Å². The van der Waals surface area contributed by atoms with Gasteiger partial charge in [0.2, 0.25) is 0 Å². The van der Waals surface area contributed by atoms with Crippen LogP contribution in [0, 0.1) is 0 Å². The van der Waals surface area contributed by atoms with E-state index in [0.717, 1.165) is 40.2 Å². The van der Waals surface area contributed by atoms with E-state index >= 15 is 0 Å². The van der Waals surface area contributed by atoms with Crippen LogP contribution < -0.4 is 5.32 Å². The van der Waals surface area contributed by atoms with Crippen molar-refractivity contribution < 1.29 is 4.42 Å². The van der Waals surface area contributed by atoms with E-state index in [9.17, 15) is 0 Å². The number of rotatable bonds is 4. The summed E-state index contributed by atoms with van der Waals surface area (Å²) in [6.07, 6.45) is 4.00. The minimum absolute atomic E-state index is 0.730. The van der Waals surface area contributed by atoms with Crippen molar-refractivity contribution in [3.05, 3.63) is 35.1 Å². The lowest BCUT2D eigenvalue weighted by Gasteiger charge is -2.04. The molecule has 0 saturated heterocycles. The van der Waals surface area contributed by atoms with Gasteiger partial charge in [-0.25, -0.2) is 9.97 Å². The first-order valence-electron chi connectivity index (χ1n) is 5.45. The Hall–Kier alpha value is -1.89. The van der Waals surface area contributed by atoms with E-state index in [1.807, 2.05) is 12.1 Å². The van der Waals surface area contributed by atoms with Crippen LogP contribution in [0.3, 0.4) is 0 Å². The summed E-state index contributed by atoms with van der Waals surface area (Å²) in [5.74, 6) is 1.70. The van der Waals surface area contributed by atoms with Crippen LogP contribution in [0.2, 0.25) is 0 Å². The van der Waals surface area contributed by atoms with Crippen LogP contribution in [0.5, 0.6) is 0 Å². The molecule has 6 nitrogen and oxygen atoms in total. The Kier molecular flexibility index (Phi) is 2.97. The molecule has 2 N–H and O–H groups in total. The first-order chi connectivity index (χ1) is 8.83. The number of aromatic nitrogens is 4. The molecule has 0 aliphatic carbocycles. The number of halogens is 1. The molecule has 3 heterocycles. The van der Waals surface area contributed by atoms with Gasteiger partial charge in [-0.2, -0.15) is 5.10 Å². The maximum atomic E-state index is 5.42. The molecule has 92 valence electrons. The zero-order valence-corrected chi connectivity index (χ0v) is 10.9. The Bertz CT molecular complexity index is 662. The van der Waals surface area contributed by atoms with Gasteiger partial charge in [0, 0.05) is 13.0 Å². The van der Waals surface area contributed by atoms with Crippen LogP contribution in [-0.2, 0) is 6.42 Å². The van der Waals surface area contributed by atoms with Gasteiger partial charge in [0.05, 0.1) is 11.6 Å². The lowest BCUT2D eigenvalue weighted by molar-refractivity contribution is 0.491. The fraction of sp³-hybridized carbons (Fsp3) is 0.182. The van der Waals surface area contributed by atoms with E-state index in [1.165, 1.54) is 6.33 Å². The van der Waals surface area contributed by atoms with Crippen LogP contribution in [0.4, 0.5) is 5.82 Å². The van der Waals surface area contributed by atoms with Crippen molar-refractivity contribution in [2.24, 2.45) is 0 Å². The number of fused-ring (bicyclic) bond motifs is 1. The SMILES string of the molecule is Brc1ccc(CCNc2ncnc3[nH]ncc23)o1. The highest BCUT2D eigenvalue weighted by molar-refractivity contribution is 9.10. The number of aromatic amines is 1. The fourth-order valence-corrected chi connectivity index (χ4v) is 2.04.